The van der Waals surface area contributed by atoms with Crippen LogP contribution in [0.5, 0.6) is 11.5 Å². The quantitative estimate of drug-likeness (QED) is 0.708. The number of benzene rings is 1. The number of ether oxygens (including phenoxy) is 1. The molecular formula is C13H18N2O3. The molecule has 5 heteroatoms. The number of phenols is 1. The maximum atomic E-state index is 12.0. The average molecular weight is 250 g/mol. The standard InChI is InChI=1S/C13H18N2O3/c1-8-10(5-6-14-8)13(17)15-11-4-3-9(18-2)7-12(11)16/h3-4,7-8,10,14,16H,5-6H2,1-2H3,(H,15,17). The number of carbonyl (C=O) groups excluding carboxylic acids is 1. The van der Waals surface area contributed by atoms with Gasteiger partial charge >= 0.3 is 0 Å². The number of nitrogens with one attached hydrogen (secondary N) is 2. The molecule has 18 heavy (non-hydrogen) atoms. The van der Waals surface area contributed by atoms with Gasteiger partial charge in [-0.25, -0.2) is 0 Å². The molecule has 1 fully saturated rings. The third kappa shape index (κ3) is 2.56. The zero-order valence-electron chi connectivity index (χ0n) is 10.6. The SMILES string of the molecule is COc1ccc(NC(=O)C2CCNC2C)c(O)c1. The van der Waals surface area contributed by atoms with Crippen molar-refractivity contribution in [1.29, 1.82) is 0 Å². The maximum absolute atomic E-state index is 12.0. The summed E-state index contributed by atoms with van der Waals surface area (Å²) in [4.78, 5) is 12.0. The van der Waals surface area contributed by atoms with Crippen LogP contribution in [0.1, 0.15) is 13.3 Å². The Labute approximate surface area is 106 Å². The summed E-state index contributed by atoms with van der Waals surface area (Å²) in [5.74, 6) is 0.460. The maximum Gasteiger partial charge on any atom is 0.229 e. The zero-order valence-corrected chi connectivity index (χ0v) is 10.6. The average Bonchev–Trinajstić information content (AvgIpc) is 2.78. The smallest absolute Gasteiger partial charge is 0.229 e. The first-order valence-electron chi connectivity index (χ1n) is 6.03. The first-order chi connectivity index (χ1) is 8.61. The van der Waals surface area contributed by atoms with Gasteiger partial charge in [-0.3, -0.25) is 4.79 Å². The van der Waals surface area contributed by atoms with Crippen molar-refractivity contribution in [3.05, 3.63) is 18.2 Å². The summed E-state index contributed by atoms with van der Waals surface area (Å²) in [6, 6.07) is 4.99. The first-order valence-corrected chi connectivity index (χ1v) is 6.03. The van der Waals surface area contributed by atoms with Gasteiger partial charge in [-0.1, -0.05) is 0 Å². The third-order valence-electron chi connectivity index (χ3n) is 3.32. The highest BCUT2D eigenvalue weighted by molar-refractivity contribution is 5.94. The van der Waals surface area contributed by atoms with Crippen molar-refractivity contribution in [3.63, 3.8) is 0 Å². The number of anilines is 1. The number of amides is 1. The summed E-state index contributed by atoms with van der Waals surface area (Å²) in [5.41, 5.74) is 0.417. The van der Waals surface area contributed by atoms with Gasteiger partial charge in [0.1, 0.15) is 11.5 Å². The van der Waals surface area contributed by atoms with Crippen molar-refractivity contribution in [3.8, 4) is 11.5 Å². The molecule has 0 aliphatic carbocycles. The molecule has 0 bridgehead atoms. The molecule has 0 radical (unpaired) electrons. The van der Waals surface area contributed by atoms with E-state index in [1.54, 1.807) is 12.1 Å². The minimum Gasteiger partial charge on any atom is -0.506 e. The second kappa shape index (κ2) is 5.27. The van der Waals surface area contributed by atoms with Gasteiger partial charge in [0.2, 0.25) is 5.91 Å². The van der Waals surface area contributed by atoms with Gasteiger partial charge in [-0.2, -0.15) is 0 Å². The predicted octanol–water partition coefficient (Wildman–Crippen LogP) is 1.34. The van der Waals surface area contributed by atoms with Gasteiger partial charge in [0, 0.05) is 12.1 Å². The second-order valence-electron chi connectivity index (χ2n) is 4.51. The van der Waals surface area contributed by atoms with Crippen LogP contribution in [0.2, 0.25) is 0 Å². The lowest BCUT2D eigenvalue weighted by Gasteiger charge is -2.15. The lowest BCUT2D eigenvalue weighted by atomic mass is 10.0. The van der Waals surface area contributed by atoms with Crippen LogP contribution in [0.25, 0.3) is 0 Å². The summed E-state index contributed by atoms with van der Waals surface area (Å²) < 4.78 is 4.99. The third-order valence-corrected chi connectivity index (χ3v) is 3.32. The minimum atomic E-state index is -0.0621. The molecule has 1 aliphatic rings. The van der Waals surface area contributed by atoms with Gasteiger partial charge in [0.25, 0.3) is 0 Å². The Morgan fingerprint density at radius 2 is 2.33 bits per heavy atom. The first kappa shape index (κ1) is 12.7. The molecule has 0 aromatic heterocycles. The highest BCUT2D eigenvalue weighted by Gasteiger charge is 2.29. The second-order valence-corrected chi connectivity index (χ2v) is 4.51. The normalized spacial score (nSPS) is 22.8. The lowest BCUT2D eigenvalue weighted by molar-refractivity contribution is -0.120. The van der Waals surface area contributed by atoms with Gasteiger partial charge in [-0.05, 0) is 32.0 Å². The topological polar surface area (TPSA) is 70.6 Å². The van der Waals surface area contributed by atoms with Crippen molar-refractivity contribution >= 4 is 11.6 Å². The van der Waals surface area contributed by atoms with E-state index in [-0.39, 0.29) is 23.6 Å². The minimum absolute atomic E-state index is 0.0151. The summed E-state index contributed by atoms with van der Waals surface area (Å²) in [6.45, 7) is 2.85. The van der Waals surface area contributed by atoms with Crippen LogP contribution in [0.4, 0.5) is 5.69 Å². The summed E-state index contributed by atoms with van der Waals surface area (Å²) in [5, 5.41) is 15.7. The Morgan fingerprint density at radius 3 is 2.89 bits per heavy atom. The molecule has 3 N–H and O–H groups in total. The molecule has 0 spiro atoms. The van der Waals surface area contributed by atoms with Crippen molar-refractivity contribution in [2.75, 3.05) is 19.0 Å². The molecule has 2 unspecified atom stereocenters. The molecule has 0 saturated carbocycles. The Bertz CT molecular complexity index is 448. The molecule has 1 aromatic rings. The summed E-state index contributed by atoms with van der Waals surface area (Å²) in [7, 11) is 1.53. The number of carbonyl (C=O) groups is 1. The van der Waals surface area contributed by atoms with Gasteiger partial charge in [0.05, 0.1) is 18.7 Å². The number of aromatic hydroxyl groups is 1. The largest absolute Gasteiger partial charge is 0.506 e. The van der Waals surface area contributed by atoms with E-state index >= 15 is 0 Å². The molecule has 2 rings (SSSR count). The highest BCUT2D eigenvalue weighted by Crippen LogP contribution is 2.29. The van der Waals surface area contributed by atoms with Gasteiger partial charge in [-0.15, -0.1) is 0 Å². The molecule has 1 aromatic carbocycles. The Balaban J connectivity index is 2.07. The molecule has 5 nitrogen and oxygen atoms in total. The van der Waals surface area contributed by atoms with E-state index < -0.39 is 0 Å². The van der Waals surface area contributed by atoms with Crippen molar-refractivity contribution < 1.29 is 14.6 Å². The van der Waals surface area contributed by atoms with E-state index in [0.29, 0.717) is 11.4 Å². The highest BCUT2D eigenvalue weighted by atomic mass is 16.5. The van der Waals surface area contributed by atoms with Crippen LogP contribution >= 0.6 is 0 Å². The Hall–Kier alpha value is -1.75. The van der Waals surface area contributed by atoms with Gasteiger partial charge in [0.15, 0.2) is 0 Å². The molecule has 1 amide bonds. The van der Waals surface area contributed by atoms with E-state index in [4.69, 9.17) is 4.74 Å². The van der Waals surface area contributed by atoms with Crippen LogP contribution in [-0.4, -0.2) is 30.7 Å². The van der Waals surface area contributed by atoms with Crippen molar-refractivity contribution in [2.45, 2.75) is 19.4 Å². The fourth-order valence-corrected chi connectivity index (χ4v) is 2.19. The van der Waals surface area contributed by atoms with Crippen LogP contribution in [0, 0.1) is 5.92 Å². The predicted molar refractivity (Wildman–Crippen MR) is 68.9 cm³/mol. The van der Waals surface area contributed by atoms with Gasteiger partial charge < -0.3 is 20.5 Å². The van der Waals surface area contributed by atoms with Crippen molar-refractivity contribution in [2.24, 2.45) is 5.92 Å². The number of phenolic OH excluding ortho intramolecular Hbond substituents is 1. The number of rotatable bonds is 3. The number of methoxy groups -OCH3 is 1. The van der Waals surface area contributed by atoms with Crippen LogP contribution < -0.4 is 15.4 Å². The van der Waals surface area contributed by atoms with Crippen LogP contribution in [-0.2, 0) is 4.79 Å². The van der Waals surface area contributed by atoms with Crippen LogP contribution in [0.15, 0.2) is 18.2 Å². The summed E-state index contributed by atoms with van der Waals surface area (Å²) in [6.07, 6.45) is 0.823. The van der Waals surface area contributed by atoms with Crippen LogP contribution in [0.3, 0.4) is 0 Å². The van der Waals surface area contributed by atoms with E-state index in [1.165, 1.54) is 13.2 Å². The molecule has 1 aliphatic heterocycles. The Kier molecular flexibility index (Phi) is 3.72. The Morgan fingerprint density at radius 1 is 1.56 bits per heavy atom. The molecule has 1 heterocycles. The van der Waals surface area contributed by atoms with Crippen molar-refractivity contribution in [1.82, 2.24) is 5.32 Å². The lowest BCUT2D eigenvalue weighted by Crippen LogP contribution is -2.32. The number of hydrogen-bond donors (Lipinski definition) is 3. The zero-order chi connectivity index (χ0) is 13.1. The van der Waals surface area contributed by atoms with E-state index in [1.807, 2.05) is 6.92 Å². The summed E-state index contributed by atoms with van der Waals surface area (Å²) >= 11 is 0. The fourth-order valence-electron chi connectivity index (χ4n) is 2.19. The molecule has 98 valence electrons. The molecule has 2 atom stereocenters. The van der Waals surface area contributed by atoms with E-state index in [9.17, 15) is 9.90 Å². The van der Waals surface area contributed by atoms with E-state index in [2.05, 4.69) is 10.6 Å². The fraction of sp³-hybridized carbons (Fsp3) is 0.462. The molecular weight excluding hydrogens is 232 g/mol. The number of hydrogen-bond acceptors (Lipinski definition) is 4. The molecule has 1 saturated heterocycles. The monoisotopic (exact) mass is 250 g/mol. The van der Waals surface area contributed by atoms with E-state index in [0.717, 1.165) is 13.0 Å².